The minimum absolute atomic E-state index is 0.123. The SMILES string of the molecule is CCNC(=NCc1ccc2c(c1)OCCCO2)N1CCOC(C2CCCO2)C1. The van der Waals surface area contributed by atoms with Crippen molar-refractivity contribution in [1.82, 2.24) is 10.2 Å². The summed E-state index contributed by atoms with van der Waals surface area (Å²) >= 11 is 0. The van der Waals surface area contributed by atoms with Gasteiger partial charge in [-0.2, -0.15) is 0 Å². The smallest absolute Gasteiger partial charge is 0.194 e. The van der Waals surface area contributed by atoms with Gasteiger partial charge < -0.3 is 29.2 Å². The Hall–Kier alpha value is -1.99. The van der Waals surface area contributed by atoms with E-state index in [1.165, 1.54) is 0 Å². The van der Waals surface area contributed by atoms with E-state index in [2.05, 4.69) is 23.2 Å². The quantitative estimate of drug-likeness (QED) is 0.629. The second kappa shape index (κ2) is 9.47. The predicted octanol–water partition coefficient (Wildman–Crippen LogP) is 2.19. The predicted molar refractivity (Wildman–Crippen MR) is 107 cm³/mol. The molecule has 0 amide bonds. The maximum atomic E-state index is 5.98. The molecule has 1 aromatic rings. The summed E-state index contributed by atoms with van der Waals surface area (Å²) in [6, 6.07) is 6.10. The van der Waals surface area contributed by atoms with Gasteiger partial charge in [-0.15, -0.1) is 0 Å². The lowest BCUT2D eigenvalue weighted by molar-refractivity contribution is -0.0817. The number of ether oxygens (including phenoxy) is 4. The van der Waals surface area contributed by atoms with Gasteiger partial charge in [-0.3, -0.25) is 0 Å². The van der Waals surface area contributed by atoms with E-state index in [1.54, 1.807) is 0 Å². The van der Waals surface area contributed by atoms with Crippen LogP contribution in [0.25, 0.3) is 0 Å². The molecular weight excluding hydrogens is 358 g/mol. The van der Waals surface area contributed by atoms with Crippen LogP contribution < -0.4 is 14.8 Å². The molecule has 1 N–H and O–H groups in total. The van der Waals surface area contributed by atoms with Crippen LogP contribution >= 0.6 is 0 Å². The lowest BCUT2D eigenvalue weighted by Gasteiger charge is -2.37. The molecule has 3 aliphatic rings. The fourth-order valence-corrected chi connectivity index (χ4v) is 3.89. The van der Waals surface area contributed by atoms with Crippen LogP contribution in [-0.4, -0.2) is 69.1 Å². The monoisotopic (exact) mass is 389 g/mol. The molecule has 0 bridgehead atoms. The maximum absolute atomic E-state index is 5.98. The molecule has 2 fully saturated rings. The molecular formula is C21H31N3O4. The topological polar surface area (TPSA) is 64.6 Å². The minimum Gasteiger partial charge on any atom is -0.490 e. The molecule has 28 heavy (non-hydrogen) atoms. The number of morpholine rings is 1. The molecule has 0 aliphatic carbocycles. The molecule has 0 spiro atoms. The van der Waals surface area contributed by atoms with Gasteiger partial charge in [-0.25, -0.2) is 4.99 Å². The largest absolute Gasteiger partial charge is 0.490 e. The highest BCUT2D eigenvalue weighted by atomic mass is 16.5. The average Bonchev–Trinajstić information content (AvgIpc) is 3.17. The third-order valence-corrected chi connectivity index (χ3v) is 5.33. The average molecular weight is 389 g/mol. The van der Waals surface area contributed by atoms with Crippen LogP contribution in [0.3, 0.4) is 0 Å². The zero-order valence-electron chi connectivity index (χ0n) is 16.7. The van der Waals surface area contributed by atoms with Gasteiger partial charge in [0.2, 0.25) is 0 Å². The second-order valence-corrected chi connectivity index (χ2v) is 7.41. The van der Waals surface area contributed by atoms with Gasteiger partial charge in [-0.1, -0.05) is 6.07 Å². The number of benzene rings is 1. The normalized spacial score (nSPS) is 25.5. The van der Waals surface area contributed by atoms with E-state index in [0.29, 0.717) is 26.4 Å². The van der Waals surface area contributed by atoms with Gasteiger partial charge in [0, 0.05) is 32.7 Å². The molecule has 154 valence electrons. The first kappa shape index (κ1) is 19.3. The van der Waals surface area contributed by atoms with Crippen LogP contribution in [0, 0.1) is 0 Å². The van der Waals surface area contributed by atoms with Gasteiger partial charge in [0.1, 0.15) is 6.10 Å². The van der Waals surface area contributed by atoms with Gasteiger partial charge >= 0.3 is 0 Å². The van der Waals surface area contributed by atoms with E-state index in [1.807, 2.05) is 12.1 Å². The van der Waals surface area contributed by atoms with Crippen molar-refractivity contribution in [3.8, 4) is 11.5 Å². The van der Waals surface area contributed by atoms with E-state index in [9.17, 15) is 0 Å². The van der Waals surface area contributed by atoms with Crippen molar-refractivity contribution < 1.29 is 18.9 Å². The molecule has 2 unspecified atom stereocenters. The lowest BCUT2D eigenvalue weighted by atomic mass is 10.1. The van der Waals surface area contributed by atoms with Crippen molar-refractivity contribution in [3.05, 3.63) is 23.8 Å². The van der Waals surface area contributed by atoms with E-state index >= 15 is 0 Å². The molecule has 7 nitrogen and oxygen atoms in total. The first-order valence-corrected chi connectivity index (χ1v) is 10.5. The number of rotatable bonds is 4. The Morgan fingerprint density at radius 1 is 1.07 bits per heavy atom. The highest BCUT2D eigenvalue weighted by Gasteiger charge is 2.32. The minimum atomic E-state index is 0.123. The Kier molecular flexibility index (Phi) is 6.54. The molecule has 0 radical (unpaired) electrons. The zero-order valence-corrected chi connectivity index (χ0v) is 16.7. The van der Waals surface area contributed by atoms with Gasteiger partial charge in [0.25, 0.3) is 0 Å². The molecule has 4 rings (SSSR count). The van der Waals surface area contributed by atoms with E-state index < -0.39 is 0 Å². The zero-order chi connectivity index (χ0) is 19.2. The standard InChI is InChI=1S/C21H31N3O4/c1-2-22-21(24-8-12-28-20(15-24)17-5-3-9-25-17)23-14-16-6-7-18-19(13-16)27-11-4-10-26-18/h6-7,13,17,20H,2-5,8-12,14-15H2,1H3,(H,22,23). The highest BCUT2D eigenvalue weighted by Crippen LogP contribution is 2.30. The number of guanidine groups is 1. The fourth-order valence-electron chi connectivity index (χ4n) is 3.89. The third-order valence-electron chi connectivity index (χ3n) is 5.33. The summed E-state index contributed by atoms with van der Waals surface area (Å²) in [5.74, 6) is 2.57. The van der Waals surface area contributed by atoms with E-state index in [0.717, 1.165) is 68.5 Å². The Bertz CT molecular complexity index is 676. The molecule has 2 saturated heterocycles. The molecule has 7 heteroatoms. The highest BCUT2D eigenvalue weighted by molar-refractivity contribution is 5.80. The van der Waals surface area contributed by atoms with Crippen molar-refractivity contribution in [3.63, 3.8) is 0 Å². The van der Waals surface area contributed by atoms with Gasteiger partial charge in [-0.05, 0) is 37.5 Å². The molecule has 1 aromatic carbocycles. The first-order valence-electron chi connectivity index (χ1n) is 10.5. The molecule has 0 aromatic heterocycles. The van der Waals surface area contributed by atoms with Crippen LogP contribution in [0.5, 0.6) is 11.5 Å². The summed E-state index contributed by atoms with van der Waals surface area (Å²) in [5, 5.41) is 3.43. The Balaban J connectivity index is 1.43. The summed E-state index contributed by atoms with van der Waals surface area (Å²) in [7, 11) is 0. The molecule has 3 aliphatic heterocycles. The van der Waals surface area contributed by atoms with Crippen molar-refractivity contribution in [2.45, 2.75) is 44.9 Å². The summed E-state index contributed by atoms with van der Waals surface area (Å²) in [4.78, 5) is 7.17. The van der Waals surface area contributed by atoms with E-state index in [4.69, 9.17) is 23.9 Å². The molecule has 2 atom stereocenters. The first-order chi connectivity index (χ1) is 13.8. The Morgan fingerprint density at radius 2 is 1.93 bits per heavy atom. The molecule has 3 heterocycles. The number of nitrogens with zero attached hydrogens (tertiary/aromatic N) is 2. The molecule has 0 saturated carbocycles. The van der Waals surface area contributed by atoms with Crippen molar-refractivity contribution in [2.75, 3.05) is 46.1 Å². The number of hydrogen-bond acceptors (Lipinski definition) is 5. The van der Waals surface area contributed by atoms with Crippen LogP contribution in [0.4, 0.5) is 0 Å². The number of hydrogen-bond donors (Lipinski definition) is 1. The van der Waals surface area contributed by atoms with Crippen molar-refractivity contribution in [2.24, 2.45) is 4.99 Å². The lowest BCUT2D eigenvalue weighted by Crippen LogP contribution is -2.53. The number of aliphatic imine (C=N–C) groups is 1. The number of fused-ring (bicyclic) bond motifs is 1. The van der Waals surface area contributed by atoms with Crippen LogP contribution in [0.2, 0.25) is 0 Å². The van der Waals surface area contributed by atoms with Crippen molar-refractivity contribution in [1.29, 1.82) is 0 Å². The van der Waals surface area contributed by atoms with Crippen LogP contribution in [0.15, 0.2) is 23.2 Å². The summed E-state index contributed by atoms with van der Waals surface area (Å²) < 4.78 is 23.3. The maximum Gasteiger partial charge on any atom is 0.194 e. The van der Waals surface area contributed by atoms with Crippen LogP contribution in [0.1, 0.15) is 31.7 Å². The number of nitrogens with one attached hydrogen (secondary N) is 1. The van der Waals surface area contributed by atoms with Gasteiger partial charge in [0.15, 0.2) is 17.5 Å². The summed E-state index contributed by atoms with van der Waals surface area (Å²) in [5.41, 5.74) is 1.11. The van der Waals surface area contributed by atoms with Crippen LogP contribution in [-0.2, 0) is 16.0 Å². The second-order valence-electron chi connectivity index (χ2n) is 7.41. The summed E-state index contributed by atoms with van der Waals surface area (Å²) in [6.45, 7) is 8.15. The fraction of sp³-hybridized carbons (Fsp3) is 0.667. The Labute approximate surface area is 167 Å². The third kappa shape index (κ3) is 4.70. The van der Waals surface area contributed by atoms with Gasteiger partial charge in [0.05, 0.1) is 32.5 Å². The summed E-state index contributed by atoms with van der Waals surface area (Å²) in [6.07, 6.45) is 3.47. The van der Waals surface area contributed by atoms with E-state index in [-0.39, 0.29) is 12.2 Å². The van der Waals surface area contributed by atoms with Crippen molar-refractivity contribution >= 4 is 5.96 Å². The Morgan fingerprint density at radius 3 is 2.75 bits per heavy atom.